The molecule has 2 nitrogen and oxygen atoms in total. The lowest BCUT2D eigenvalue weighted by atomic mass is 10.1. The van der Waals surface area contributed by atoms with Crippen LogP contribution in [0.1, 0.15) is 25.7 Å². The summed E-state index contributed by atoms with van der Waals surface area (Å²) in [4.78, 5) is 0. The van der Waals surface area contributed by atoms with Gasteiger partial charge in [0.15, 0.2) is 0 Å². The van der Waals surface area contributed by atoms with E-state index in [1.165, 1.54) is 32.2 Å². The summed E-state index contributed by atoms with van der Waals surface area (Å²) in [7, 11) is 0. The summed E-state index contributed by atoms with van der Waals surface area (Å²) in [6.45, 7) is 2.06. The number of nitrogens with two attached hydrogens (primary N) is 1. The molecule has 0 atom stereocenters. The molecule has 10 heavy (non-hydrogen) atoms. The predicted molar refractivity (Wildman–Crippen MR) is 41.7 cm³/mol. The smallest absolute Gasteiger partial charge is 0.00684 e. The van der Waals surface area contributed by atoms with E-state index in [-0.39, 0.29) is 0 Å². The topological polar surface area (TPSA) is 38.0 Å². The molecule has 0 aliphatic heterocycles. The summed E-state index contributed by atoms with van der Waals surface area (Å²) in [6.07, 6.45) is 5.48. The fourth-order valence-corrected chi connectivity index (χ4v) is 1.28. The molecule has 0 aromatic carbocycles. The van der Waals surface area contributed by atoms with Gasteiger partial charge in [0.25, 0.3) is 0 Å². The second kappa shape index (κ2) is 2.21. The van der Waals surface area contributed by atoms with Crippen molar-refractivity contribution in [3.63, 3.8) is 0 Å². The normalized spacial score (nSPS) is 28.5. The molecule has 0 heterocycles. The molecule has 2 fully saturated rings. The third-order valence-electron chi connectivity index (χ3n) is 2.73. The minimum absolute atomic E-state index is 0.530. The van der Waals surface area contributed by atoms with Crippen molar-refractivity contribution >= 4 is 0 Å². The maximum atomic E-state index is 5.64. The predicted octanol–water partition coefficient (Wildman–Crippen LogP) is 0.477. The monoisotopic (exact) mass is 140 g/mol. The fourth-order valence-electron chi connectivity index (χ4n) is 1.28. The van der Waals surface area contributed by atoms with Crippen molar-refractivity contribution in [2.75, 3.05) is 13.1 Å². The molecule has 2 aliphatic rings. The molecule has 58 valence electrons. The zero-order valence-corrected chi connectivity index (χ0v) is 6.40. The van der Waals surface area contributed by atoms with Crippen molar-refractivity contribution in [1.29, 1.82) is 0 Å². The van der Waals surface area contributed by atoms with Crippen molar-refractivity contribution in [3.05, 3.63) is 0 Å². The highest BCUT2D eigenvalue weighted by atomic mass is 15.0. The average Bonchev–Trinajstić information content (AvgIpc) is 2.83. The molecule has 2 heteroatoms. The quantitative estimate of drug-likeness (QED) is 0.596. The van der Waals surface area contributed by atoms with Crippen LogP contribution in [0.15, 0.2) is 0 Å². The van der Waals surface area contributed by atoms with E-state index < -0.39 is 0 Å². The summed E-state index contributed by atoms with van der Waals surface area (Å²) < 4.78 is 0. The van der Waals surface area contributed by atoms with E-state index in [9.17, 15) is 0 Å². The summed E-state index contributed by atoms with van der Waals surface area (Å²) >= 11 is 0. The maximum Gasteiger partial charge on any atom is 0.00684 e. The first-order valence-electron chi connectivity index (χ1n) is 4.28. The highest BCUT2D eigenvalue weighted by Crippen LogP contribution is 2.44. The summed E-state index contributed by atoms with van der Waals surface area (Å²) in [6, 6.07) is 0.851. The number of hydrogen-bond acceptors (Lipinski definition) is 2. The Bertz CT molecular complexity index is 125. The molecule has 0 bridgehead atoms. The Labute approximate surface area is 62.2 Å². The van der Waals surface area contributed by atoms with E-state index in [1.807, 2.05) is 0 Å². The van der Waals surface area contributed by atoms with Crippen LogP contribution in [0.2, 0.25) is 0 Å². The minimum Gasteiger partial charge on any atom is -0.330 e. The van der Waals surface area contributed by atoms with Gasteiger partial charge in [-0.15, -0.1) is 0 Å². The second-order valence-corrected chi connectivity index (χ2v) is 3.86. The Morgan fingerprint density at radius 2 is 2.10 bits per heavy atom. The van der Waals surface area contributed by atoms with E-state index >= 15 is 0 Å². The Morgan fingerprint density at radius 3 is 2.50 bits per heavy atom. The van der Waals surface area contributed by atoms with Gasteiger partial charge < -0.3 is 11.1 Å². The van der Waals surface area contributed by atoms with Crippen LogP contribution in [0, 0.1) is 5.41 Å². The van der Waals surface area contributed by atoms with E-state index in [0.717, 1.165) is 12.6 Å². The molecule has 2 aliphatic carbocycles. The van der Waals surface area contributed by atoms with Crippen LogP contribution >= 0.6 is 0 Å². The van der Waals surface area contributed by atoms with Crippen LogP contribution in [0.5, 0.6) is 0 Å². The van der Waals surface area contributed by atoms with E-state index in [2.05, 4.69) is 5.32 Å². The summed E-state index contributed by atoms with van der Waals surface area (Å²) in [5.41, 5.74) is 6.17. The molecule has 0 aromatic heterocycles. The molecule has 0 radical (unpaired) electrons. The van der Waals surface area contributed by atoms with E-state index in [0.29, 0.717) is 5.41 Å². The molecule has 0 spiro atoms. The molecular formula is C8H16N2. The molecule has 0 aromatic rings. The third kappa shape index (κ3) is 1.32. The Balaban J connectivity index is 1.68. The minimum atomic E-state index is 0.530. The zero-order valence-electron chi connectivity index (χ0n) is 6.40. The van der Waals surface area contributed by atoms with Crippen molar-refractivity contribution in [1.82, 2.24) is 5.32 Å². The fraction of sp³-hybridized carbons (Fsp3) is 1.00. The van der Waals surface area contributed by atoms with Crippen LogP contribution in [0.3, 0.4) is 0 Å². The third-order valence-corrected chi connectivity index (χ3v) is 2.73. The highest BCUT2D eigenvalue weighted by Gasteiger charge is 2.41. The lowest BCUT2D eigenvalue weighted by Crippen LogP contribution is -2.30. The van der Waals surface area contributed by atoms with Gasteiger partial charge >= 0.3 is 0 Å². The van der Waals surface area contributed by atoms with Gasteiger partial charge in [-0.2, -0.15) is 0 Å². The van der Waals surface area contributed by atoms with Crippen LogP contribution in [0.4, 0.5) is 0 Å². The van der Waals surface area contributed by atoms with Gasteiger partial charge in [0, 0.05) is 12.6 Å². The standard InChI is InChI=1S/C8H16N2/c9-5-8(3-4-8)6-10-7-1-2-7/h7,10H,1-6,9H2. The van der Waals surface area contributed by atoms with Crippen molar-refractivity contribution in [3.8, 4) is 0 Å². The summed E-state index contributed by atoms with van der Waals surface area (Å²) in [5, 5.41) is 3.53. The molecule has 0 saturated heterocycles. The van der Waals surface area contributed by atoms with Gasteiger partial charge in [-0.1, -0.05) is 0 Å². The van der Waals surface area contributed by atoms with Crippen LogP contribution < -0.4 is 11.1 Å². The molecule has 0 amide bonds. The van der Waals surface area contributed by atoms with E-state index in [1.54, 1.807) is 0 Å². The van der Waals surface area contributed by atoms with Gasteiger partial charge in [-0.25, -0.2) is 0 Å². The second-order valence-electron chi connectivity index (χ2n) is 3.86. The molecule has 2 rings (SSSR count). The Kier molecular flexibility index (Phi) is 1.46. The number of rotatable bonds is 4. The van der Waals surface area contributed by atoms with Gasteiger partial charge in [-0.05, 0) is 37.6 Å². The van der Waals surface area contributed by atoms with Gasteiger partial charge in [0.2, 0.25) is 0 Å². The average molecular weight is 140 g/mol. The summed E-state index contributed by atoms with van der Waals surface area (Å²) in [5.74, 6) is 0. The Morgan fingerprint density at radius 1 is 1.40 bits per heavy atom. The van der Waals surface area contributed by atoms with Gasteiger partial charge in [0.05, 0.1) is 0 Å². The number of nitrogens with one attached hydrogen (secondary N) is 1. The zero-order chi connectivity index (χ0) is 7.03. The SMILES string of the molecule is NCC1(CNC2CC2)CC1. The van der Waals surface area contributed by atoms with Crippen molar-refractivity contribution in [2.45, 2.75) is 31.7 Å². The lowest BCUT2D eigenvalue weighted by molar-refractivity contribution is 0.466. The van der Waals surface area contributed by atoms with Crippen molar-refractivity contribution < 1.29 is 0 Å². The molecule has 0 unspecified atom stereocenters. The largest absolute Gasteiger partial charge is 0.330 e. The van der Waals surface area contributed by atoms with Crippen molar-refractivity contribution in [2.24, 2.45) is 11.1 Å². The maximum absolute atomic E-state index is 5.64. The molecule has 3 N–H and O–H groups in total. The Hall–Kier alpha value is -0.0800. The van der Waals surface area contributed by atoms with Crippen LogP contribution in [-0.4, -0.2) is 19.1 Å². The molecule has 2 saturated carbocycles. The van der Waals surface area contributed by atoms with Gasteiger partial charge in [-0.3, -0.25) is 0 Å². The number of hydrogen-bond donors (Lipinski definition) is 2. The highest BCUT2D eigenvalue weighted by molar-refractivity contribution is 4.97. The first-order chi connectivity index (χ1) is 4.85. The van der Waals surface area contributed by atoms with Crippen LogP contribution in [-0.2, 0) is 0 Å². The van der Waals surface area contributed by atoms with Gasteiger partial charge in [0.1, 0.15) is 0 Å². The molecular weight excluding hydrogens is 124 g/mol. The first kappa shape index (κ1) is 6.62. The first-order valence-corrected chi connectivity index (χ1v) is 4.28. The lowest BCUT2D eigenvalue weighted by Gasteiger charge is -2.11. The van der Waals surface area contributed by atoms with E-state index in [4.69, 9.17) is 5.73 Å². The van der Waals surface area contributed by atoms with Crippen LogP contribution in [0.25, 0.3) is 0 Å².